The minimum absolute atomic E-state index is 0.0893. The number of nitrogens with one attached hydrogen (secondary N) is 1. The summed E-state index contributed by atoms with van der Waals surface area (Å²) in [6.07, 6.45) is 4.97. The SMILES string of the molecule is Nc1ncc(C2=CCN(C(=O)[C@H]3CCC(=O)N3)CC2)cc1-c1nnnn1-c1cccc(F)c1F. The fourth-order valence-electron chi connectivity index (χ4n) is 4.15. The van der Waals surface area contributed by atoms with Crippen molar-refractivity contribution in [2.24, 2.45) is 0 Å². The first-order valence-corrected chi connectivity index (χ1v) is 10.7. The van der Waals surface area contributed by atoms with Gasteiger partial charge in [-0.3, -0.25) is 9.59 Å². The zero-order valence-electron chi connectivity index (χ0n) is 17.9. The number of aromatic nitrogens is 5. The molecule has 3 N–H and O–H groups in total. The van der Waals surface area contributed by atoms with Gasteiger partial charge < -0.3 is 16.0 Å². The lowest BCUT2D eigenvalue weighted by atomic mass is 9.98. The molecule has 5 rings (SSSR count). The standard InChI is InChI=1S/C22H20F2N8O2/c23-15-2-1-3-17(19(15)24)32-21(28-29-30-32)14-10-13(11-26-20(14)25)12-6-8-31(9-7-12)22(34)16-4-5-18(33)27-16/h1-3,6,10-11,16H,4-5,7-9H2,(H2,25,26)(H,27,33)/t16-/m1/s1. The number of anilines is 1. The Morgan fingerprint density at radius 3 is 2.82 bits per heavy atom. The van der Waals surface area contributed by atoms with Crippen molar-refractivity contribution in [2.75, 3.05) is 18.8 Å². The average Bonchev–Trinajstić information content (AvgIpc) is 3.50. The van der Waals surface area contributed by atoms with E-state index >= 15 is 0 Å². The van der Waals surface area contributed by atoms with E-state index < -0.39 is 17.7 Å². The normalized spacial score (nSPS) is 18.1. The lowest BCUT2D eigenvalue weighted by Crippen LogP contribution is -2.45. The van der Waals surface area contributed by atoms with Crippen molar-refractivity contribution < 1.29 is 18.4 Å². The Bertz CT molecular complexity index is 1320. The Labute approximate surface area is 192 Å². The van der Waals surface area contributed by atoms with Gasteiger partial charge in [0.25, 0.3) is 0 Å². The number of carbonyl (C=O) groups excluding carboxylic acids is 2. The molecular formula is C22H20F2N8O2. The van der Waals surface area contributed by atoms with Gasteiger partial charge in [0, 0.05) is 25.7 Å². The lowest BCUT2D eigenvalue weighted by molar-refractivity contribution is -0.134. The summed E-state index contributed by atoms with van der Waals surface area (Å²) in [6, 6.07) is 4.99. The van der Waals surface area contributed by atoms with Gasteiger partial charge in [-0.2, -0.15) is 4.68 Å². The first-order valence-electron chi connectivity index (χ1n) is 10.7. The molecule has 1 saturated heterocycles. The molecule has 174 valence electrons. The predicted octanol–water partition coefficient (Wildman–Crippen LogP) is 1.48. The van der Waals surface area contributed by atoms with E-state index in [4.69, 9.17) is 5.73 Å². The summed E-state index contributed by atoms with van der Waals surface area (Å²) in [5, 5.41) is 14.1. The van der Waals surface area contributed by atoms with Gasteiger partial charge in [0.1, 0.15) is 17.5 Å². The van der Waals surface area contributed by atoms with Crippen LogP contribution in [0.3, 0.4) is 0 Å². The number of halogens is 2. The molecule has 0 spiro atoms. The van der Waals surface area contributed by atoms with Crippen LogP contribution in [0, 0.1) is 11.6 Å². The quantitative estimate of drug-likeness (QED) is 0.595. The maximum absolute atomic E-state index is 14.4. The molecule has 34 heavy (non-hydrogen) atoms. The number of carbonyl (C=O) groups is 2. The Hall–Kier alpha value is -4.22. The summed E-state index contributed by atoms with van der Waals surface area (Å²) in [7, 11) is 0. The van der Waals surface area contributed by atoms with E-state index in [9.17, 15) is 18.4 Å². The highest BCUT2D eigenvalue weighted by atomic mass is 19.2. The van der Waals surface area contributed by atoms with E-state index in [2.05, 4.69) is 25.8 Å². The number of hydrogen-bond acceptors (Lipinski definition) is 7. The first kappa shape index (κ1) is 21.6. The first-order chi connectivity index (χ1) is 16.4. The molecule has 0 bridgehead atoms. The fourth-order valence-corrected chi connectivity index (χ4v) is 4.15. The number of nitrogen functional groups attached to an aromatic ring is 1. The van der Waals surface area contributed by atoms with Crippen LogP contribution in [-0.4, -0.2) is 61.0 Å². The van der Waals surface area contributed by atoms with Gasteiger partial charge in [-0.1, -0.05) is 12.1 Å². The van der Waals surface area contributed by atoms with Gasteiger partial charge in [-0.15, -0.1) is 5.10 Å². The van der Waals surface area contributed by atoms with Crippen LogP contribution in [0.5, 0.6) is 0 Å². The smallest absolute Gasteiger partial charge is 0.245 e. The monoisotopic (exact) mass is 466 g/mol. The highest BCUT2D eigenvalue weighted by Crippen LogP contribution is 2.30. The number of pyridine rings is 1. The Morgan fingerprint density at radius 1 is 1.24 bits per heavy atom. The van der Waals surface area contributed by atoms with Gasteiger partial charge >= 0.3 is 0 Å². The van der Waals surface area contributed by atoms with Crippen molar-refractivity contribution in [1.82, 2.24) is 35.4 Å². The molecule has 4 heterocycles. The van der Waals surface area contributed by atoms with Gasteiger partial charge in [0.05, 0.1) is 5.56 Å². The zero-order valence-corrected chi connectivity index (χ0v) is 17.9. The van der Waals surface area contributed by atoms with Crippen LogP contribution in [0.15, 0.2) is 36.5 Å². The summed E-state index contributed by atoms with van der Waals surface area (Å²) >= 11 is 0. The molecule has 2 amide bonds. The van der Waals surface area contributed by atoms with Crippen molar-refractivity contribution in [3.8, 4) is 17.1 Å². The maximum Gasteiger partial charge on any atom is 0.245 e. The number of amides is 2. The largest absolute Gasteiger partial charge is 0.383 e. The lowest BCUT2D eigenvalue weighted by Gasteiger charge is -2.29. The summed E-state index contributed by atoms with van der Waals surface area (Å²) in [5.74, 6) is -2.07. The molecule has 10 nitrogen and oxygen atoms in total. The molecule has 1 aromatic carbocycles. The van der Waals surface area contributed by atoms with E-state index in [-0.39, 0.29) is 29.1 Å². The average molecular weight is 466 g/mol. The fraction of sp³-hybridized carbons (Fsp3) is 0.273. The van der Waals surface area contributed by atoms with Crippen LogP contribution >= 0.6 is 0 Å². The van der Waals surface area contributed by atoms with Crippen molar-refractivity contribution in [2.45, 2.75) is 25.3 Å². The molecule has 0 unspecified atom stereocenters. The molecule has 2 aromatic heterocycles. The third-order valence-corrected chi connectivity index (χ3v) is 5.97. The van der Waals surface area contributed by atoms with Crippen LogP contribution in [0.4, 0.5) is 14.6 Å². The second-order valence-corrected chi connectivity index (χ2v) is 8.07. The summed E-state index contributed by atoms with van der Waals surface area (Å²) in [5.41, 5.74) is 7.97. The number of tetrazole rings is 1. The summed E-state index contributed by atoms with van der Waals surface area (Å²) in [6.45, 7) is 0.884. The number of hydrogen-bond donors (Lipinski definition) is 2. The molecule has 12 heteroatoms. The van der Waals surface area contributed by atoms with Crippen LogP contribution in [0.2, 0.25) is 0 Å². The van der Waals surface area contributed by atoms with E-state index in [0.29, 0.717) is 37.9 Å². The van der Waals surface area contributed by atoms with E-state index in [1.165, 1.54) is 12.1 Å². The predicted molar refractivity (Wildman–Crippen MR) is 117 cm³/mol. The Balaban J connectivity index is 1.41. The molecule has 2 aliphatic heterocycles. The Morgan fingerprint density at radius 2 is 2.09 bits per heavy atom. The number of rotatable bonds is 4. The molecule has 0 saturated carbocycles. The van der Waals surface area contributed by atoms with E-state index in [0.717, 1.165) is 21.9 Å². The Kier molecular flexibility index (Phi) is 5.48. The van der Waals surface area contributed by atoms with Gasteiger partial charge in [0.2, 0.25) is 11.8 Å². The molecule has 1 fully saturated rings. The number of nitrogens with zero attached hydrogens (tertiary/aromatic N) is 6. The van der Waals surface area contributed by atoms with Crippen molar-refractivity contribution in [1.29, 1.82) is 0 Å². The summed E-state index contributed by atoms with van der Waals surface area (Å²) < 4.78 is 29.2. The topological polar surface area (TPSA) is 132 Å². The zero-order chi connectivity index (χ0) is 23.8. The van der Waals surface area contributed by atoms with Crippen LogP contribution in [0.25, 0.3) is 22.6 Å². The molecular weight excluding hydrogens is 446 g/mol. The number of nitrogens with two attached hydrogens (primary N) is 1. The van der Waals surface area contributed by atoms with E-state index in [1.54, 1.807) is 17.2 Å². The molecule has 0 radical (unpaired) electrons. The third-order valence-electron chi connectivity index (χ3n) is 5.97. The van der Waals surface area contributed by atoms with Crippen LogP contribution < -0.4 is 11.1 Å². The molecule has 1 atom stereocenters. The highest BCUT2D eigenvalue weighted by Gasteiger charge is 2.31. The molecule has 2 aliphatic rings. The highest BCUT2D eigenvalue weighted by molar-refractivity contribution is 5.91. The van der Waals surface area contributed by atoms with Gasteiger partial charge in [0.15, 0.2) is 17.5 Å². The van der Waals surface area contributed by atoms with Crippen molar-refractivity contribution >= 4 is 23.2 Å². The number of benzene rings is 1. The minimum atomic E-state index is -1.09. The van der Waals surface area contributed by atoms with Crippen molar-refractivity contribution in [3.63, 3.8) is 0 Å². The second-order valence-electron chi connectivity index (χ2n) is 8.07. The molecule has 0 aliphatic carbocycles. The maximum atomic E-state index is 14.4. The minimum Gasteiger partial charge on any atom is -0.383 e. The van der Waals surface area contributed by atoms with Crippen LogP contribution in [0.1, 0.15) is 24.8 Å². The van der Waals surface area contributed by atoms with Gasteiger partial charge in [-0.05, 0) is 52.6 Å². The third kappa shape index (κ3) is 3.87. The second kappa shape index (κ2) is 8.61. The van der Waals surface area contributed by atoms with E-state index in [1.807, 2.05) is 6.08 Å². The molecule has 3 aromatic rings. The van der Waals surface area contributed by atoms with Crippen molar-refractivity contribution in [3.05, 3.63) is 53.7 Å². The van der Waals surface area contributed by atoms with Gasteiger partial charge in [-0.25, -0.2) is 13.8 Å². The summed E-state index contributed by atoms with van der Waals surface area (Å²) in [4.78, 5) is 30.0. The van der Waals surface area contributed by atoms with Crippen LogP contribution in [-0.2, 0) is 9.59 Å².